The number of unbranched alkanes of at least 4 members (excludes halogenated alkanes) is 1. The van der Waals surface area contributed by atoms with Gasteiger partial charge in [0.05, 0.1) is 0 Å². The second-order valence-electron chi connectivity index (χ2n) is 4.44. The van der Waals surface area contributed by atoms with Crippen molar-refractivity contribution in [3.05, 3.63) is 12.7 Å². The quantitative estimate of drug-likeness (QED) is 0.352. The topological polar surface area (TPSA) is 17.1 Å². The molecule has 0 unspecified atom stereocenters. The summed E-state index contributed by atoms with van der Waals surface area (Å²) in [6.45, 7) is 10.5. The molecular weight excluding hydrogens is 164 g/mol. The molecule has 0 bridgehead atoms. The fourth-order valence-corrected chi connectivity index (χ4v) is 2.37. The van der Waals surface area contributed by atoms with Gasteiger partial charge in [-0.2, -0.15) is 0 Å². The van der Waals surface area contributed by atoms with E-state index in [9.17, 15) is 4.79 Å². The van der Waals surface area contributed by atoms with Crippen LogP contribution in [0.4, 0.5) is 0 Å². The molecule has 0 amide bonds. The minimum absolute atomic E-state index is 0.186. The highest BCUT2D eigenvalue weighted by Crippen LogP contribution is 2.13. The van der Waals surface area contributed by atoms with Crippen LogP contribution in [0.15, 0.2) is 12.7 Å². The molecule has 0 aromatic carbocycles. The number of hydrogen-bond acceptors (Lipinski definition) is 1. The monoisotopic (exact) mass is 184 g/mol. The molecule has 0 fully saturated rings. The molecule has 0 saturated carbocycles. The predicted octanol–water partition coefficient (Wildman–Crippen LogP) is 3.25. The summed E-state index contributed by atoms with van der Waals surface area (Å²) in [5, 5.41) is 0. The zero-order valence-electron chi connectivity index (χ0n) is 8.52. The van der Waals surface area contributed by atoms with Crippen LogP contribution in [0, 0.1) is 0 Å². The maximum absolute atomic E-state index is 10.8. The lowest BCUT2D eigenvalue weighted by molar-refractivity contribution is -0.114. The summed E-state index contributed by atoms with van der Waals surface area (Å²) in [5.74, 6) is 0.186. The van der Waals surface area contributed by atoms with Crippen molar-refractivity contribution in [2.45, 2.75) is 44.9 Å². The van der Waals surface area contributed by atoms with E-state index in [1.807, 2.05) is 0 Å². The number of carbonyl (C=O) groups excluding carboxylic acids is 1. The van der Waals surface area contributed by atoms with E-state index >= 15 is 0 Å². The molecule has 0 saturated heterocycles. The van der Waals surface area contributed by atoms with Crippen molar-refractivity contribution in [1.29, 1.82) is 0 Å². The molecule has 0 aromatic heterocycles. The Labute approximate surface area is 76.9 Å². The van der Waals surface area contributed by atoms with Gasteiger partial charge in [-0.25, -0.2) is 0 Å². The van der Waals surface area contributed by atoms with Crippen LogP contribution in [0.5, 0.6) is 0 Å². The number of allylic oxidation sites excluding steroid dienone is 1. The number of carbonyl (C=O) groups is 1. The SMILES string of the molecule is C=CC(=O)CCCC[Si](C)(C)C. The van der Waals surface area contributed by atoms with Crippen molar-refractivity contribution in [2.24, 2.45) is 0 Å². The second-order valence-corrected chi connectivity index (χ2v) is 10.1. The third kappa shape index (κ3) is 7.73. The van der Waals surface area contributed by atoms with Gasteiger partial charge in [0.15, 0.2) is 5.78 Å². The fourth-order valence-electron chi connectivity index (χ4n) is 1.06. The third-order valence-electron chi connectivity index (χ3n) is 1.83. The van der Waals surface area contributed by atoms with Gasteiger partial charge in [0.2, 0.25) is 0 Å². The lowest BCUT2D eigenvalue weighted by atomic mass is 10.2. The summed E-state index contributed by atoms with van der Waals surface area (Å²) in [7, 11) is -0.877. The highest BCUT2D eigenvalue weighted by molar-refractivity contribution is 6.76. The van der Waals surface area contributed by atoms with Crippen LogP contribution in [0.2, 0.25) is 25.7 Å². The van der Waals surface area contributed by atoms with E-state index in [0.717, 1.165) is 6.42 Å². The van der Waals surface area contributed by atoms with Gasteiger partial charge < -0.3 is 0 Å². The molecule has 0 aliphatic heterocycles. The van der Waals surface area contributed by atoms with Crippen molar-refractivity contribution in [2.75, 3.05) is 0 Å². The Balaban J connectivity index is 3.34. The van der Waals surface area contributed by atoms with Crippen molar-refractivity contribution in [3.8, 4) is 0 Å². The van der Waals surface area contributed by atoms with Crippen LogP contribution in [-0.2, 0) is 4.79 Å². The lowest BCUT2D eigenvalue weighted by Gasteiger charge is -2.14. The van der Waals surface area contributed by atoms with E-state index in [-0.39, 0.29) is 5.78 Å². The summed E-state index contributed by atoms with van der Waals surface area (Å²) in [4.78, 5) is 10.8. The zero-order chi connectivity index (χ0) is 9.61. The van der Waals surface area contributed by atoms with Crippen LogP contribution in [0.1, 0.15) is 19.3 Å². The van der Waals surface area contributed by atoms with Gasteiger partial charge in [0.25, 0.3) is 0 Å². The fraction of sp³-hybridized carbons (Fsp3) is 0.700. The van der Waals surface area contributed by atoms with Gasteiger partial charge in [-0.1, -0.05) is 38.7 Å². The first-order chi connectivity index (χ1) is 5.45. The van der Waals surface area contributed by atoms with Gasteiger partial charge in [0, 0.05) is 14.5 Å². The Bertz CT molecular complexity index is 156. The van der Waals surface area contributed by atoms with Gasteiger partial charge in [-0.05, 0) is 12.5 Å². The van der Waals surface area contributed by atoms with E-state index in [0.29, 0.717) is 6.42 Å². The largest absolute Gasteiger partial charge is 0.295 e. The van der Waals surface area contributed by atoms with Crippen molar-refractivity contribution < 1.29 is 4.79 Å². The molecule has 0 heterocycles. The summed E-state index contributed by atoms with van der Waals surface area (Å²) in [6, 6.07) is 1.33. The molecule has 0 rings (SSSR count). The van der Waals surface area contributed by atoms with Crippen molar-refractivity contribution in [3.63, 3.8) is 0 Å². The Morgan fingerprint density at radius 1 is 1.33 bits per heavy atom. The smallest absolute Gasteiger partial charge is 0.155 e. The summed E-state index contributed by atoms with van der Waals surface area (Å²) in [6.07, 6.45) is 4.35. The first-order valence-electron chi connectivity index (χ1n) is 4.61. The predicted molar refractivity (Wildman–Crippen MR) is 57.2 cm³/mol. The van der Waals surface area contributed by atoms with Gasteiger partial charge >= 0.3 is 0 Å². The molecule has 0 aromatic rings. The van der Waals surface area contributed by atoms with Gasteiger partial charge in [0.1, 0.15) is 0 Å². The Morgan fingerprint density at radius 3 is 2.33 bits per heavy atom. The van der Waals surface area contributed by atoms with E-state index in [1.54, 1.807) is 0 Å². The van der Waals surface area contributed by atoms with Crippen LogP contribution in [-0.4, -0.2) is 13.9 Å². The molecular formula is C10H20OSi. The minimum Gasteiger partial charge on any atom is -0.295 e. The Hall–Kier alpha value is -0.373. The van der Waals surface area contributed by atoms with E-state index in [4.69, 9.17) is 0 Å². The highest BCUT2D eigenvalue weighted by atomic mass is 28.3. The zero-order valence-corrected chi connectivity index (χ0v) is 9.52. The van der Waals surface area contributed by atoms with Crippen LogP contribution in [0.25, 0.3) is 0 Å². The highest BCUT2D eigenvalue weighted by Gasteiger charge is 2.11. The average molecular weight is 184 g/mol. The lowest BCUT2D eigenvalue weighted by Crippen LogP contribution is -2.18. The third-order valence-corrected chi connectivity index (χ3v) is 3.68. The maximum atomic E-state index is 10.8. The summed E-state index contributed by atoms with van der Waals surface area (Å²) >= 11 is 0. The maximum Gasteiger partial charge on any atom is 0.155 e. The summed E-state index contributed by atoms with van der Waals surface area (Å²) < 4.78 is 0. The first kappa shape index (κ1) is 11.6. The van der Waals surface area contributed by atoms with E-state index < -0.39 is 8.07 Å². The summed E-state index contributed by atoms with van der Waals surface area (Å²) in [5.41, 5.74) is 0. The van der Waals surface area contributed by atoms with Crippen LogP contribution in [0.3, 0.4) is 0 Å². The molecule has 1 nitrogen and oxygen atoms in total. The van der Waals surface area contributed by atoms with E-state index in [1.165, 1.54) is 18.5 Å². The second kappa shape index (κ2) is 5.30. The molecule has 2 heteroatoms. The molecule has 70 valence electrons. The van der Waals surface area contributed by atoms with Gasteiger partial charge in [-0.3, -0.25) is 4.79 Å². The molecule has 0 radical (unpaired) electrons. The van der Waals surface area contributed by atoms with Crippen LogP contribution >= 0.6 is 0 Å². The van der Waals surface area contributed by atoms with E-state index in [2.05, 4.69) is 26.2 Å². The number of rotatable bonds is 6. The molecule has 0 N–H and O–H groups in total. The number of ketones is 1. The Morgan fingerprint density at radius 2 is 1.92 bits per heavy atom. The minimum atomic E-state index is -0.877. The molecule has 0 atom stereocenters. The normalized spacial score (nSPS) is 11.2. The molecule has 12 heavy (non-hydrogen) atoms. The van der Waals surface area contributed by atoms with Crippen LogP contribution < -0.4 is 0 Å². The molecule has 0 spiro atoms. The standard InChI is InChI=1S/C10H20OSi/c1-5-10(11)8-6-7-9-12(2,3)4/h5H,1,6-9H2,2-4H3. The molecule has 0 aliphatic carbocycles. The average Bonchev–Trinajstić information content (AvgIpc) is 1.96. The molecule has 0 aliphatic rings. The van der Waals surface area contributed by atoms with Crippen molar-refractivity contribution in [1.82, 2.24) is 0 Å². The van der Waals surface area contributed by atoms with Gasteiger partial charge in [-0.15, -0.1) is 0 Å². The Kier molecular flexibility index (Phi) is 5.14. The van der Waals surface area contributed by atoms with Crippen molar-refractivity contribution >= 4 is 13.9 Å². The number of hydrogen-bond donors (Lipinski definition) is 0. The first-order valence-corrected chi connectivity index (χ1v) is 8.32.